The highest BCUT2D eigenvalue weighted by molar-refractivity contribution is 5.84. The second kappa shape index (κ2) is 8.97. The van der Waals surface area contributed by atoms with Gasteiger partial charge in [-0.3, -0.25) is 15.0 Å². The Hall–Kier alpha value is -3.71. The molecule has 3 heterocycles. The number of nitrogens with one attached hydrogen (secondary N) is 1. The maximum atomic E-state index is 11.3. The number of hydrogen-bond acceptors (Lipinski definition) is 8. The summed E-state index contributed by atoms with van der Waals surface area (Å²) in [4.78, 5) is 26.2. The predicted molar refractivity (Wildman–Crippen MR) is 118 cm³/mol. The number of piperazine rings is 1. The van der Waals surface area contributed by atoms with E-state index in [0.717, 1.165) is 49.8 Å². The minimum absolute atomic E-state index is 0.100. The molecule has 0 bridgehead atoms. The number of rotatable bonds is 7. The number of aromatic amines is 1. The van der Waals surface area contributed by atoms with Crippen LogP contribution in [0.3, 0.4) is 0 Å². The van der Waals surface area contributed by atoms with Crippen LogP contribution in [0, 0.1) is 21.4 Å². The third-order valence-corrected chi connectivity index (χ3v) is 5.75. The topological polar surface area (TPSA) is 141 Å². The van der Waals surface area contributed by atoms with Gasteiger partial charge in [0.15, 0.2) is 0 Å². The van der Waals surface area contributed by atoms with Crippen molar-refractivity contribution in [2.75, 3.05) is 43.4 Å². The summed E-state index contributed by atoms with van der Waals surface area (Å²) in [6.07, 6.45) is 6.38. The van der Waals surface area contributed by atoms with Gasteiger partial charge in [-0.1, -0.05) is 0 Å². The monoisotopic (exact) mass is 420 g/mol. The molecular formula is C21H24N8O2. The maximum Gasteiger partial charge on any atom is 0.353 e. The van der Waals surface area contributed by atoms with Crippen molar-refractivity contribution in [1.29, 1.82) is 5.26 Å². The number of hydrogen-bond donors (Lipinski definition) is 2. The van der Waals surface area contributed by atoms with Crippen LogP contribution < -0.4 is 10.6 Å². The number of fused-ring (bicyclic) bond motifs is 1. The van der Waals surface area contributed by atoms with Gasteiger partial charge in [-0.2, -0.15) is 5.26 Å². The fourth-order valence-electron chi connectivity index (χ4n) is 4.08. The third kappa shape index (κ3) is 4.41. The highest BCUT2D eigenvalue weighted by Crippen LogP contribution is 2.30. The Morgan fingerprint density at radius 3 is 2.77 bits per heavy atom. The van der Waals surface area contributed by atoms with Crippen molar-refractivity contribution in [2.45, 2.75) is 19.3 Å². The molecule has 1 aromatic carbocycles. The number of benzene rings is 1. The van der Waals surface area contributed by atoms with E-state index in [4.69, 9.17) is 11.0 Å². The Labute approximate surface area is 179 Å². The van der Waals surface area contributed by atoms with Crippen molar-refractivity contribution in [3.63, 3.8) is 0 Å². The van der Waals surface area contributed by atoms with Crippen molar-refractivity contribution in [2.24, 2.45) is 0 Å². The molecule has 0 radical (unpaired) electrons. The molecule has 10 heteroatoms. The number of nitrogens with zero attached hydrogens (tertiary/aromatic N) is 6. The summed E-state index contributed by atoms with van der Waals surface area (Å²) in [5, 5.41) is 21.6. The van der Waals surface area contributed by atoms with E-state index in [1.807, 2.05) is 29.3 Å². The molecule has 160 valence electrons. The van der Waals surface area contributed by atoms with Crippen LogP contribution in [0.15, 0.2) is 30.7 Å². The molecule has 0 saturated carbocycles. The van der Waals surface area contributed by atoms with Gasteiger partial charge in [0.1, 0.15) is 6.33 Å². The van der Waals surface area contributed by atoms with E-state index in [1.54, 1.807) is 0 Å². The van der Waals surface area contributed by atoms with Gasteiger partial charge in [0.25, 0.3) is 0 Å². The SMILES string of the molecule is N#Cc1ccc2[nH]cc(CCCCN3CCN(c4ncnc(N)c4[N+](=O)[O-])CC3)c2c1. The van der Waals surface area contributed by atoms with Gasteiger partial charge in [-0.25, -0.2) is 9.97 Å². The smallest absolute Gasteiger partial charge is 0.353 e. The zero-order valence-corrected chi connectivity index (χ0v) is 17.1. The van der Waals surface area contributed by atoms with Crippen molar-refractivity contribution in [3.05, 3.63) is 52.0 Å². The molecule has 3 N–H and O–H groups in total. The lowest BCUT2D eigenvalue weighted by atomic mass is 10.1. The number of nitrogens with two attached hydrogens (primary N) is 1. The van der Waals surface area contributed by atoms with Crippen LogP contribution in [0.5, 0.6) is 0 Å². The predicted octanol–water partition coefficient (Wildman–Crippen LogP) is 2.46. The summed E-state index contributed by atoms with van der Waals surface area (Å²) in [7, 11) is 0. The maximum absolute atomic E-state index is 11.3. The number of unbranched alkanes of at least 4 members (excludes halogenated alkanes) is 1. The lowest BCUT2D eigenvalue weighted by Crippen LogP contribution is -2.47. The van der Waals surface area contributed by atoms with Gasteiger partial charge in [0, 0.05) is 43.3 Å². The van der Waals surface area contributed by atoms with Gasteiger partial charge in [0.05, 0.1) is 16.6 Å². The number of nitrogen functional groups attached to an aromatic ring is 1. The highest BCUT2D eigenvalue weighted by atomic mass is 16.6. The first-order chi connectivity index (χ1) is 15.1. The van der Waals surface area contributed by atoms with Crippen LogP contribution in [-0.2, 0) is 6.42 Å². The number of aryl methyl sites for hydroxylation is 1. The van der Waals surface area contributed by atoms with Crippen LogP contribution in [0.1, 0.15) is 24.0 Å². The standard InChI is InChI=1S/C21H24N8O2/c22-12-15-4-5-18-17(11-15)16(13-24-18)3-1-2-6-27-7-9-28(10-8-27)21-19(29(30)31)20(23)25-14-26-21/h4-5,11,13-14,24H,1-3,6-10H2,(H2,23,25,26). The summed E-state index contributed by atoms with van der Waals surface area (Å²) >= 11 is 0. The largest absolute Gasteiger partial charge is 0.378 e. The lowest BCUT2D eigenvalue weighted by molar-refractivity contribution is -0.383. The van der Waals surface area contributed by atoms with Crippen molar-refractivity contribution < 1.29 is 4.92 Å². The molecule has 2 aromatic heterocycles. The second-order valence-corrected chi connectivity index (χ2v) is 7.66. The van der Waals surface area contributed by atoms with Crippen molar-refractivity contribution in [1.82, 2.24) is 19.9 Å². The molecule has 0 amide bonds. The molecular weight excluding hydrogens is 396 g/mol. The number of anilines is 2. The quantitative estimate of drug-likeness (QED) is 0.337. The number of nitro groups is 1. The summed E-state index contributed by atoms with van der Waals surface area (Å²) < 4.78 is 0. The third-order valence-electron chi connectivity index (χ3n) is 5.75. The molecule has 31 heavy (non-hydrogen) atoms. The molecule has 1 aliphatic rings. The number of aromatic nitrogens is 3. The summed E-state index contributed by atoms with van der Waals surface area (Å²) in [5.41, 5.74) is 8.45. The van der Waals surface area contributed by atoms with Crippen LogP contribution in [0.25, 0.3) is 10.9 Å². The first kappa shape index (κ1) is 20.6. The van der Waals surface area contributed by atoms with E-state index in [2.05, 4.69) is 25.9 Å². The van der Waals surface area contributed by atoms with E-state index in [1.165, 1.54) is 11.9 Å². The number of H-pyrrole nitrogens is 1. The molecule has 0 spiro atoms. The van der Waals surface area contributed by atoms with E-state index >= 15 is 0 Å². The van der Waals surface area contributed by atoms with E-state index in [-0.39, 0.29) is 11.5 Å². The average Bonchev–Trinajstić information content (AvgIpc) is 3.18. The molecule has 0 aliphatic carbocycles. The van der Waals surface area contributed by atoms with Gasteiger partial charge >= 0.3 is 5.69 Å². The summed E-state index contributed by atoms with van der Waals surface area (Å²) in [6, 6.07) is 7.92. The Balaban J connectivity index is 1.27. The van der Waals surface area contributed by atoms with Crippen LogP contribution in [0.4, 0.5) is 17.3 Å². The molecule has 1 saturated heterocycles. The first-order valence-electron chi connectivity index (χ1n) is 10.3. The van der Waals surface area contributed by atoms with Gasteiger partial charge in [-0.15, -0.1) is 0 Å². The Bertz CT molecular complexity index is 1130. The van der Waals surface area contributed by atoms with Gasteiger partial charge in [0.2, 0.25) is 11.6 Å². The normalized spacial score (nSPS) is 14.6. The van der Waals surface area contributed by atoms with Crippen molar-refractivity contribution in [3.8, 4) is 6.07 Å². The molecule has 4 rings (SSSR count). The zero-order valence-electron chi connectivity index (χ0n) is 17.1. The Morgan fingerprint density at radius 2 is 2.03 bits per heavy atom. The fraction of sp³-hybridized carbons (Fsp3) is 0.381. The van der Waals surface area contributed by atoms with E-state index in [0.29, 0.717) is 24.5 Å². The second-order valence-electron chi connectivity index (χ2n) is 7.66. The molecule has 10 nitrogen and oxygen atoms in total. The molecule has 1 aliphatic heterocycles. The lowest BCUT2D eigenvalue weighted by Gasteiger charge is -2.35. The number of nitriles is 1. The fourth-order valence-corrected chi connectivity index (χ4v) is 4.08. The zero-order chi connectivity index (χ0) is 21.8. The molecule has 0 unspecified atom stereocenters. The molecule has 3 aromatic rings. The highest BCUT2D eigenvalue weighted by Gasteiger charge is 2.27. The molecule has 0 atom stereocenters. The van der Waals surface area contributed by atoms with Crippen molar-refractivity contribution >= 4 is 28.2 Å². The summed E-state index contributed by atoms with van der Waals surface area (Å²) in [6.45, 7) is 3.94. The van der Waals surface area contributed by atoms with Crippen LogP contribution >= 0.6 is 0 Å². The van der Waals surface area contributed by atoms with Gasteiger partial charge < -0.3 is 15.6 Å². The Kier molecular flexibility index (Phi) is 5.95. The minimum Gasteiger partial charge on any atom is -0.378 e. The minimum atomic E-state index is -0.513. The molecule has 1 fully saturated rings. The van der Waals surface area contributed by atoms with Crippen LogP contribution in [-0.4, -0.2) is 57.5 Å². The summed E-state index contributed by atoms with van der Waals surface area (Å²) in [5.74, 6) is 0.199. The Morgan fingerprint density at radius 1 is 1.23 bits per heavy atom. The van der Waals surface area contributed by atoms with E-state index in [9.17, 15) is 10.1 Å². The van der Waals surface area contributed by atoms with Gasteiger partial charge in [-0.05, 0) is 49.6 Å². The van der Waals surface area contributed by atoms with Crippen LogP contribution in [0.2, 0.25) is 0 Å². The van der Waals surface area contributed by atoms with E-state index < -0.39 is 4.92 Å². The average molecular weight is 420 g/mol. The first-order valence-corrected chi connectivity index (χ1v) is 10.3.